The second-order valence-electron chi connectivity index (χ2n) is 8.07. The van der Waals surface area contributed by atoms with Gasteiger partial charge in [0.15, 0.2) is 0 Å². The van der Waals surface area contributed by atoms with Crippen molar-refractivity contribution in [3.8, 4) is 11.5 Å². The molecule has 0 spiro atoms. The molecule has 196 valence electrons. The molecule has 0 aliphatic heterocycles. The number of amides is 1. The molecule has 0 aliphatic rings. The van der Waals surface area contributed by atoms with E-state index in [1.54, 1.807) is 42.5 Å². The predicted octanol–water partition coefficient (Wildman–Crippen LogP) is 3.85. The SMILES string of the molecule is CCOc1ccc(Cl)c(NC(=O)c2cc3ccccc3c(N=Nc3cc(Cl)cc(S(=O)(=O)O)c3C)c2[O-])c1.[Na+]. The molecule has 0 unspecified atom stereocenters. The molecule has 0 heterocycles. The van der Waals surface area contributed by atoms with Crippen LogP contribution in [-0.2, 0) is 10.1 Å². The second-order valence-corrected chi connectivity index (χ2v) is 10.3. The van der Waals surface area contributed by atoms with Gasteiger partial charge in [0.25, 0.3) is 16.0 Å². The van der Waals surface area contributed by atoms with Gasteiger partial charge in [-0.3, -0.25) is 9.35 Å². The Balaban J connectivity index is 0.00000420. The summed E-state index contributed by atoms with van der Waals surface area (Å²) in [6, 6.07) is 15.4. The van der Waals surface area contributed by atoms with Gasteiger partial charge in [0.05, 0.1) is 28.7 Å². The summed E-state index contributed by atoms with van der Waals surface area (Å²) in [7, 11) is -4.58. The molecule has 0 saturated heterocycles. The minimum Gasteiger partial charge on any atom is -0.870 e. The zero-order chi connectivity index (χ0) is 27.6. The number of rotatable bonds is 7. The quantitative estimate of drug-likeness (QED) is 0.189. The summed E-state index contributed by atoms with van der Waals surface area (Å²) in [5.74, 6) is -0.944. The Hall–Kier alpha value is -2.70. The monoisotopic (exact) mass is 595 g/mol. The van der Waals surface area contributed by atoms with Crippen LogP contribution in [0.1, 0.15) is 22.8 Å². The first-order valence-electron chi connectivity index (χ1n) is 11.2. The van der Waals surface area contributed by atoms with Crippen molar-refractivity contribution >= 4 is 67.1 Å². The van der Waals surface area contributed by atoms with Gasteiger partial charge in [0.2, 0.25) is 0 Å². The van der Waals surface area contributed by atoms with E-state index in [4.69, 9.17) is 27.9 Å². The maximum atomic E-state index is 13.4. The number of azo groups is 1. The number of fused-ring (bicyclic) bond motifs is 1. The summed E-state index contributed by atoms with van der Waals surface area (Å²) in [4.78, 5) is 12.7. The van der Waals surface area contributed by atoms with Crippen molar-refractivity contribution < 1.29 is 57.2 Å². The van der Waals surface area contributed by atoms with Crippen molar-refractivity contribution in [1.29, 1.82) is 0 Å². The van der Waals surface area contributed by atoms with Gasteiger partial charge in [-0.2, -0.15) is 18.6 Å². The van der Waals surface area contributed by atoms with E-state index < -0.39 is 26.7 Å². The Kier molecular flexibility index (Phi) is 10.0. The Morgan fingerprint density at radius 2 is 1.79 bits per heavy atom. The molecule has 4 rings (SSSR count). The van der Waals surface area contributed by atoms with E-state index in [1.165, 1.54) is 19.1 Å². The van der Waals surface area contributed by atoms with Crippen molar-refractivity contribution in [2.45, 2.75) is 18.7 Å². The summed E-state index contributed by atoms with van der Waals surface area (Å²) in [5.41, 5.74) is -0.00378. The van der Waals surface area contributed by atoms with Crippen molar-refractivity contribution in [1.82, 2.24) is 0 Å². The van der Waals surface area contributed by atoms with Crippen LogP contribution in [0.25, 0.3) is 10.8 Å². The molecular weight excluding hydrogens is 576 g/mol. The number of nitrogens with one attached hydrogen (secondary N) is 1. The van der Waals surface area contributed by atoms with Crippen LogP contribution in [0, 0.1) is 6.92 Å². The molecular formula is C26H20Cl2N3NaO6S. The van der Waals surface area contributed by atoms with E-state index in [0.29, 0.717) is 23.1 Å². The maximum Gasteiger partial charge on any atom is 1.00 e. The fourth-order valence-electron chi connectivity index (χ4n) is 3.74. The van der Waals surface area contributed by atoms with Crippen LogP contribution in [-0.4, -0.2) is 25.5 Å². The predicted molar refractivity (Wildman–Crippen MR) is 144 cm³/mol. The van der Waals surface area contributed by atoms with Gasteiger partial charge in [-0.15, -0.1) is 0 Å². The number of halogens is 2. The standard InChI is InChI=1S/C26H21Cl2N3O6S.Na/c1-3-37-17-8-9-20(28)22(13-17)29-26(33)19-10-15-6-4-5-7-18(15)24(25(19)32)31-30-21-11-16(27)12-23(14(21)2)38(34,35)36;/h4-13,32H,3H2,1-2H3,(H,29,33)(H,34,35,36);/q;+1/p-1. The van der Waals surface area contributed by atoms with Crippen molar-refractivity contribution in [3.05, 3.63) is 81.8 Å². The number of nitrogens with zero attached hydrogens (tertiary/aromatic N) is 2. The summed E-state index contributed by atoms with van der Waals surface area (Å²) >= 11 is 12.2. The molecule has 39 heavy (non-hydrogen) atoms. The van der Waals surface area contributed by atoms with E-state index in [9.17, 15) is 22.9 Å². The van der Waals surface area contributed by atoms with Gasteiger partial charge in [-0.1, -0.05) is 53.2 Å². The van der Waals surface area contributed by atoms with E-state index in [1.807, 2.05) is 6.92 Å². The molecule has 9 nitrogen and oxygen atoms in total. The smallest absolute Gasteiger partial charge is 0.870 e. The summed E-state index contributed by atoms with van der Waals surface area (Å²) in [6.45, 7) is 3.64. The topological polar surface area (TPSA) is 140 Å². The number of carbonyl (C=O) groups is 1. The summed E-state index contributed by atoms with van der Waals surface area (Å²) < 4.78 is 38.4. The molecule has 0 saturated carbocycles. The van der Waals surface area contributed by atoms with Crippen LogP contribution in [0.15, 0.2) is 75.8 Å². The van der Waals surface area contributed by atoms with Crippen LogP contribution in [0.5, 0.6) is 11.5 Å². The van der Waals surface area contributed by atoms with Crippen molar-refractivity contribution in [2.24, 2.45) is 10.2 Å². The number of hydrogen-bond acceptors (Lipinski definition) is 7. The molecule has 0 atom stereocenters. The zero-order valence-corrected chi connectivity index (χ0v) is 25.4. The maximum absolute atomic E-state index is 13.4. The minimum atomic E-state index is -4.58. The van der Waals surface area contributed by atoms with Gasteiger partial charge >= 0.3 is 29.6 Å². The Morgan fingerprint density at radius 3 is 2.49 bits per heavy atom. The van der Waals surface area contributed by atoms with Crippen molar-refractivity contribution in [3.63, 3.8) is 0 Å². The van der Waals surface area contributed by atoms with Gasteiger partial charge < -0.3 is 15.2 Å². The van der Waals surface area contributed by atoms with Crippen molar-refractivity contribution in [2.75, 3.05) is 11.9 Å². The van der Waals surface area contributed by atoms with Gasteiger partial charge in [0.1, 0.15) is 10.6 Å². The molecule has 0 radical (unpaired) electrons. The van der Waals surface area contributed by atoms with Crippen LogP contribution < -0.4 is 44.7 Å². The Bertz CT molecular complexity index is 1710. The number of benzene rings is 4. The molecule has 13 heteroatoms. The van der Waals surface area contributed by atoms with Crippen LogP contribution in [0.3, 0.4) is 0 Å². The minimum absolute atomic E-state index is 0. The molecule has 0 aliphatic carbocycles. The number of ether oxygens (including phenoxy) is 1. The molecule has 1 amide bonds. The number of hydrogen-bond donors (Lipinski definition) is 2. The molecule has 0 bridgehead atoms. The van der Waals surface area contributed by atoms with Gasteiger partial charge in [-0.05, 0) is 55.1 Å². The molecule has 4 aromatic rings. The first kappa shape index (κ1) is 30.8. The third-order valence-corrected chi connectivity index (χ3v) is 7.08. The first-order valence-corrected chi connectivity index (χ1v) is 13.3. The molecule has 4 aromatic carbocycles. The third-order valence-electron chi connectivity index (χ3n) is 5.55. The van der Waals surface area contributed by atoms with Crippen LogP contribution in [0.2, 0.25) is 10.0 Å². The van der Waals surface area contributed by atoms with E-state index in [-0.39, 0.29) is 67.8 Å². The summed E-state index contributed by atoms with van der Waals surface area (Å²) in [6.07, 6.45) is 0. The molecule has 0 fully saturated rings. The second kappa shape index (κ2) is 12.6. The Labute approximate surface area is 256 Å². The van der Waals surface area contributed by atoms with E-state index in [2.05, 4.69) is 15.5 Å². The van der Waals surface area contributed by atoms with Crippen LogP contribution in [0.4, 0.5) is 17.1 Å². The normalized spacial score (nSPS) is 11.4. The fourth-order valence-corrected chi connectivity index (χ4v) is 4.95. The van der Waals surface area contributed by atoms with Gasteiger partial charge in [-0.25, -0.2) is 0 Å². The first-order chi connectivity index (χ1) is 18.0. The third kappa shape index (κ3) is 6.90. The fraction of sp³-hybridized carbons (Fsp3) is 0.115. The van der Waals surface area contributed by atoms with E-state index >= 15 is 0 Å². The molecule has 0 aromatic heterocycles. The van der Waals surface area contributed by atoms with Gasteiger partial charge in [0, 0.05) is 22.0 Å². The summed E-state index contributed by atoms with van der Waals surface area (Å²) in [5, 5.41) is 25.4. The number of carbonyl (C=O) groups excluding carboxylic acids is 1. The average Bonchev–Trinajstić information content (AvgIpc) is 2.86. The zero-order valence-electron chi connectivity index (χ0n) is 21.0. The number of anilines is 1. The molecule has 2 N–H and O–H groups in total. The average molecular weight is 596 g/mol. The van der Waals surface area contributed by atoms with E-state index in [0.717, 1.165) is 6.07 Å². The largest absolute Gasteiger partial charge is 1.00 e. The Morgan fingerprint density at radius 1 is 1.08 bits per heavy atom. The van der Waals surface area contributed by atoms with Crippen LogP contribution >= 0.6 is 23.2 Å².